The summed E-state index contributed by atoms with van der Waals surface area (Å²) in [6.07, 6.45) is 0.592. The van der Waals surface area contributed by atoms with Crippen molar-refractivity contribution in [2.24, 2.45) is 23.7 Å². The van der Waals surface area contributed by atoms with Crippen LogP contribution in [0.2, 0.25) is 0 Å². The molecule has 1 amide bonds. The van der Waals surface area contributed by atoms with Gasteiger partial charge in [0.15, 0.2) is 0 Å². The van der Waals surface area contributed by atoms with Crippen molar-refractivity contribution in [3.8, 4) is 0 Å². The summed E-state index contributed by atoms with van der Waals surface area (Å²) >= 11 is 0. The number of furan rings is 1. The second-order valence-corrected chi connectivity index (χ2v) is 6.40. The minimum absolute atomic E-state index is 0.0404. The minimum atomic E-state index is -0.881. The Morgan fingerprint density at radius 2 is 1.87 bits per heavy atom. The zero-order valence-electron chi connectivity index (χ0n) is 13.3. The van der Waals surface area contributed by atoms with Gasteiger partial charge in [0.1, 0.15) is 11.3 Å². The van der Waals surface area contributed by atoms with Crippen molar-refractivity contribution < 1.29 is 19.1 Å². The van der Waals surface area contributed by atoms with E-state index in [1.54, 1.807) is 0 Å². The molecule has 0 aliphatic heterocycles. The van der Waals surface area contributed by atoms with Crippen LogP contribution in [-0.4, -0.2) is 23.5 Å². The van der Waals surface area contributed by atoms with Gasteiger partial charge < -0.3 is 14.8 Å². The van der Waals surface area contributed by atoms with Crippen LogP contribution >= 0.6 is 0 Å². The monoisotopic (exact) mass is 315 g/mol. The molecular weight excluding hydrogens is 294 g/mol. The standard InChI is InChI=1S/C18H21NO4/c1-10-11(2)16(18(21)22)15(10)17(20)19-8-7-13-9-12-5-3-4-6-14(12)23-13/h3-6,9-11,15-16H,7-8H2,1-2H3,(H,19,20)(H,21,22)/t10?,11?,15-,16+/m0/s1. The fraction of sp³-hybridized carbons (Fsp3) is 0.444. The second-order valence-electron chi connectivity index (χ2n) is 6.40. The fourth-order valence-electron chi connectivity index (χ4n) is 3.53. The summed E-state index contributed by atoms with van der Waals surface area (Å²) in [6.45, 7) is 4.28. The van der Waals surface area contributed by atoms with Gasteiger partial charge in [-0.2, -0.15) is 0 Å². The van der Waals surface area contributed by atoms with E-state index in [2.05, 4.69) is 5.32 Å². The van der Waals surface area contributed by atoms with Gasteiger partial charge in [0.25, 0.3) is 0 Å². The summed E-state index contributed by atoms with van der Waals surface area (Å²) in [7, 11) is 0. The number of benzene rings is 1. The van der Waals surface area contributed by atoms with Crippen molar-refractivity contribution in [1.29, 1.82) is 0 Å². The highest BCUT2D eigenvalue weighted by atomic mass is 16.4. The Kier molecular flexibility index (Phi) is 4.11. The SMILES string of the molecule is CC1C(C)[C@H](C(=O)NCCc2cc3ccccc3o2)[C@@H]1C(=O)O. The number of hydrogen-bond donors (Lipinski definition) is 2. The molecule has 1 fully saturated rings. The van der Waals surface area contributed by atoms with Gasteiger partial charge in [-0.15, -0.1) is 0 Å². The van der Waals surface area contributed by atoms with Crippen molar-refractivity contribution in [2.75, 3.05) is 6.54 Å². The number of amides is 1. The topological polar surface area (TPSA) is 79.5 Å². The number of rotatable bonds is 5. The average molecular weight is 315 g/mol. The van der Waals surface area contributed by atoms with Gasteiger partial charge in [-0.05, 0) is 24.0 Å². The Balaban J connectivity index is 1.56. The molecule has 1 aromatic carbocycles. The van der Waals surface area contributed by atoms with E-state index >= 15 is 0 Å². The molecule has 5 heteroatoms. The lowest BCUT2D eigenvalue weighted by atomic mass is 9.57. The number of carboxylic acid groups (broad SMARTS) is 1. The van der Waals surface area contributed by atoms with Crippen LogP contribution in [0.4, 0.5) is 0 Å². The fourth-order valence-corrected chi connectivity index (χ4v) is 3.53. The van der Waals surface area contributed by atoms with Crippen LogP contribution in [0.25, 0.3) is 11.0 Å². The Bertz CT molecular complexity index is 702. The molecule has 2 unspecified atom stereocenters. The molecule has 5 nitrogen and oxygen atoms in total. The molecule has 2 aromatic rings. The molecule has 0 spiro atoms. The zero-order valence-corrected chi connectivity index (χ0v) is 13.3. The van der Waals surface area contributed by atoms with Gasteiger partial charge in [0.05, 0.1) is 11.8 Å². The summed E-state index contributed by atoms with van der Waals surface area (Å²) in [5, 5.41) is 13.1. The van der Waals surface area contributed by atoms with E-state index in [9.17, 15) is 14.7 Å². The van der Waals surface area contributed by atoms with Crippen LogP contribution in [0.1, 0.15) is 19.6 Å². The van der Waals surface area contributed by atoms with Crippen molar-refractivity contribution in [2.45, 2.75) is 20.3 Å². The molecule has 1 aliphatic rings. The molecule has 4 atom stereocenters. The molecule has 122 valence electrons. The molecule has 2 N–H and O–H groups in total. The summed E-state index contributed by atoms with van der Waals surface area (Å²) < 4.78 is 5.70. The van der Waals surface area contributed by atoms with E-state index in [0.717, 1.165) is 16.7 Å². The smallest absolute Gasteiger partial charge is 0.307 e. The molecule has 1 aromatic heterocycles. The van der Waals surface area contributed by atoms with E-state index in [-0.39, 0.29) is 17.7 Å². The van der Waals surface area contributed by atoms with Crippen LogP contribution in [-0.2, 0) is 16.0 Å². The Hall–Kier alpha value is -2.30. The van der Waals surface area contributed by atoms with Crippen LogP contribution in [0.5, 0.6) is 0 Å². The molecule has 0 saturated heterocycles. The van der Waals surface area contributed by atoms with Crippen LogP contribution in [0.15, 0.2) is 34.7 Å². The molecular formula is C18H21NO4. The van der Waals surface area contributed by atoms with Crippen molar-refractivity contribution >= 4 is 22.8 Å². The highest BCUT2D eigenvalue weighted by Gasteiger charge is 2.52. The third-order valence-electron chi connectivity index (χ3n) is 5.08. The average Bonchev–Trinajstić information content (AvgIpc) is 2.93. The predicted octanol–water partition coefficient (Wildman–Crippen LogP) is 2.69. The van der Waals surface area contributed by atoms with E-state index in [4.69, 9.17) is 4.42 Å². The molecule has 1 aliphatic carbocycles. The maximum Gasteiger partial charge on any atom is 0.307 e. The molecule has 3 rings (SSSR count). The second kappa shape index (κ2) is 6.07. The number of aliphatic carboxylic acids is 1. The molecule has 23 heavy (non-hydrogen) atoms. The van der Waals surface area contributed by atoms with Crippen LogP contribution in [0, 0.1) is 23.7 Å². The quantitative estimate of drug-likeness (QED) is 0.889. The van der Waals surface area contributed by atoms with Crippen molar-refractivity contribution in [3.63, 3.8) is 0 Å². The normalized spacial score (nSPS) is 26.7. The lowest BCUT2D eigenvalue weighted by molar-refractivity contribution is -0.163. The zero-order chi connectivity index (χ0) is 16.6. The number of carboxylic acids is 1. The van der Waals surface area contributed by atoms with E-state index in [1.165, 1.54) is 0 Å². The van der Waals surface area contributed by atoms with Gasteiger partial charge >= 0.3 is 5.97 Å². The highest BCUT2D eigenvalue weighted by Crippen LogP contribution is 2.45. The van der Waals surface area contributed by atoms with Gasteiger partial charge in [0, 0.05) is 18.4 Å². The summed E-state index contributed by atoms with van der Waals surface area (Å²) in [5.74, 6) is -1.10. The first-order valence-corrected chi connectivity index (χ1v) is 7.97. The maximum atomic E-state index is 12.3. The van der Waals surface area contributed by atoms with E-state index < -0.39 is 17.8 Å². The predicted molar refractivity (Wildman–Crippen MR) is 85.9 cm³/mol. The Morgan fingerprint density at radius 3 is 2.57 bits per heavy atom. The molecule has 1 saturated carbocycles. The van der Waals surface area contributed by atoms with Crippen molar-refractivity contribution in [3.05, 3.63) is 36.1 Å². The van der Waals surface area contributed by atoms with Gasteiger partial charge in [-0.1, -0.05) is 32.0 Å². The Labute approximate surface area is 134 Å². The number of carbonyl (C=O) groups excluding carboxylic acids is 1. The summed E-state index contributed by atoms with van der Waals surface area (Å²) in [6, 6.07) is 9.73. The number of carbonyl (C=O) groups is 2. The number of fused-ring (bicyclic) bond motifs is 1. The lowest BCUT2D eigenvalue weighted by Gasteiger charge is -2.45. The van der Waals surface area contributed by atoms with Gasteiger partial charge in [0.2, 0.25) is 5.91 Å². The summed E-state index contributed by atoms with van der Waals surface area (Å²) in [5.41, 5.74) is 0.834. The lowest BCUT2D eigenvalue weighted by Crippen LogP contribution is -2.55. The first-order chi connectivity index (χ1) is 11.0. The first-order valence-electron chi connectivity index (χ1n) is 7.97. The third-order valence-corrected chi connectivity index (χ3v) is 5.08. The van der Waals surface area contributed by atoms with Gasteiger partial charge in [-0.25, -0.2) is 0 Å². The highest BCUT2D eigenvalue weighted by molar-refractivity contribution is 5.87. The minimum Gasteiger partial charge on any atom is -0.481 e. The molecule has 0 bridgehead atoms. The Morgan fingerprint density at radius 1 is 1.17 bits per heavy atom. The van der Waals surface area contributed by atoms with Crippen LogP contribution < -0.4 is 5.32 Å². The van der Waals surface area contributed by atoms with E-state index in [0.29, 0.717) is 13.0 Å². The number of nitrogens with one attached hydrogen (secondary N) is 1. The summed E-state index contributed by atoms with van der Waals surface area (Å²) in [4.78, 5) is 23.5. The van der Waals surface area contributed by atoms with Crippen LogP contribution in [0.3, 0.4) is 0 Å². The van der Waals surface area contributed by atoms with Crippen molar-refractivity contribution in [1.82, 2.24) is 5.32 Å². The maximum absolute atomic E-state index is 12.3. The number of hydrogen-bond acceptors (Lipinski definition) is 3. The van der Waals surface area contributed by atoms with E-state index in [1.807, 2.05) is 44.2 Å². The largest absolute Gasteiger partial charge is 0.481 e. The first kappa shape index (κ1) is 15.6. The third kappa shape index (κ3) is 2.83. The number of para-hydroxylation sites is 1. The van der Waals surface area contributed by atoms with Gasteiger partial charge in [-0.3, -0.25) is 9.59 Å². The molecule has 1 heterocycles. The molecule has 0 radical (unpaired) electrons.